The number of halogens is 2. The van der Waals surface area contributed by atoms with Gasteiger partial charge in [-0.1, -0.05) is 0 Å². The summed E-state index contributed by atoms with van der Waals surface area (Å²) < 4.78 is 41.5. The monoisotopic (exact) mass is 351 g/mol. The van der Waals surface area contributed by atoms with E-state index in [1.165, 1.54) is 13.2 Å². The molecule has 0 atom stereocenters. The molecule has 0 aliphatic rings. The van der Waals surface area contributed by atoms with E-state index in [0.29, 0.717) is 17.2 Å². The fourth-order valence-electron chi connectivity index (χ4n) is 2.00. The molecule has 0 amide bonds. The third kappa shape index (κ3) is 5.23. The van der Waals surface area contributed by atoms with Crippen molar-refractivity contribution in [2.75, 3.05) is 32.7 Å². The van der Waals surface area contributed by atoms with Gasteiger partial charge in [0.15, 0.2) is 29.1 Å². The van der Waals surface area contributed by atoms with Crippen LogP contribution < -0.4 is 25.3 Å². The van der Waals surface area contributed by atoms with Gasteiger partial charge in [0.25, 0.3) is 0 Å². The minimum absolute atomic E-state index is 0.166. The molecule has 2 rings (SSSR count). The molecule has 0 aliphatic carbocycles. The van der Waals surface area contributed by atoms with Crippen LogP contribution in [-0.4, -0.2) is 33.3 Å². The Morgan fingerprint density at radius 1 is 1.04 bits per heavy atom. The number of hydrogen-bond acceptors (Lipinski definition) is 4. The van der Waals surface area contributed by atoms with E-state index in [1.807, 2.05) is 0 Å². The minimum atomic E-state index is -0.962. The van der Waals surface area contributed by atoms with Crippen LogP contribution in [0.2, 0.25) is 0 Å². The van der Waals surface area contributed by atoms with Crippen LogP contribution in [-0.2, 0) is 0 Å². The molecule has 25 heavy (non-hydrogen) atoms. The molecule has 2 aromatic rings. The van der Waals surface area contributed by atoms with Crippen molar-refractivity contribution >= 4 is 11.6 Å². The van der Waals surface area contributed by atoms with Gasteiger partial charge in [-0.3, -0.25) is 0 Å². The van der Waals surface area contributed by atoms with Gasteiger partial charge in [0.05, 0.1) is 20.8 Å². The lowest BCUT2D eigenvalue weighted by Gasteiger charge is -2.11. The van der Waals surface area contributed by atoms with Crippen molar-refractivity contribution in [1.82, 2.24) is 0 Å². The van der Waals surface area contributed by atoms with Gasteiger partial charge in [-0.15, -0.1) is 0 Å². The van der Waals surface area contributed by atoms with E-state index in [1.54, 1.807) is 25.3 Å². The largest absolute Gasteiger partial charge is 0.493 e. The summed E-state index contributed by atoms with van der Waals surface area (Å²) in [5.41, 5.74) is 6.47. The zero-order chi connectivity index (χ0) is 18.2. The number of ether oxygens (including phenoxy) is 3. The molecule has 0 aliphatic heterocycles. The Bertz CT molecular complexity index is 754. The predicted molar refractivity (Wildman–Crippen MR) is 91.5 cm³/mol. The Labute approximate surface area is 144 Å². The number of methoxy groups -OCH3 is 2. The van der Waals surface area contributed by atoms with E-state index in [9.17, 15) is 8.78 Å². The lowest BCUT2D eigenvalue weighted by molar-refractivity contribution is 0.325. The van der Waals surface area contributed by atoms with Gasteiger partial charge in [0, 0.05) is 17.8 Å². The van der Waals surface area contributed by atoms with Crippen molar-refractivity contribution in [3.05, 3.63) is 48.0 Å². The highest BCUT2D eigenvalue weighted by molar-refractivity contribution is 5.92. The summed E-state index contributed by atoms with van der Waals surface area (Å²) in [5, 5.41) is 2.91. The Morgan fingerprint density at radius 3 is 2.48 bits per heavy atom. The van der Waals surface area contributed by atoms with Crippen molar-refractivity contribution in [2.45, 2.75) is 0 Å². The van der Waals surface area contributed by atoms with E-state index in [-0.39, 0.29) is 24.9 Å². The van der Waals surface area contributed by atoms with Gasteiger partial charge < -0.3 is 25.3 Å². The topological polar surface area (TPSA) is 78.1 Å². The fourth-order valence-corrected chi connectivity index (χ4v) is 2.00. The first kappa shape index (κ1) is 18.3. The highest BCUT2D eigenvalue weighted by Gasteiger charge is 2.05. The molecule has 134 valence electrons. The van der Waals surface area contributed by atoms with Crippen LogP contribution in [0.15, 0.2) is 41.4 Å². The number of aliphatic imine (C=N–C) groups is 1. The molecule has 3 N–H and O–H groups in total. The van der Waals surface area contributed by atoms with Gasteiger partial charge in [-0.25, -0.2) is 13.8 Å². The Balaban J connectivity index is 1.86. The molecule has 0 saturated heterocycles. The number of guanidine groups is 1. The lowest BCUT2D eigenvalue weighted by atomic mass is 10.3. The Kier molecular flexibility index (Phi) is 6.39. The SMILES string of the molecule is COc1ccc(NC(N)=NCCOc2ccc(F)c(F)c2)cc1OC. The fraction of sp³-hybridized carbons (Fsp3) is 0.235. The summed E-state index contributed by atoms with van der Waals surface area (Å²) in [4.78, 5) is 4.09. The molecule has 0 radical (unpaired) electrons. The van der Waals surface area contributed by atoms with Gasteiger partial charge >= 0.3 is 0 Å². The maximum atomic E-state index is 13.0. The first-order valence-corrected chi connectivity index (χ1v) is 7.40. The Morgan fingerprint density at radius 2 is 1.80 bits per heavy atom. The van der Waals surface area contributed by atoms with E-state index in [0.717, 1.165) is 12.1 Å². The highest BCUT2D eigenvalue weighted by Crippen LogP contribution is 2.29. The summed E-state index contributed by atoms with van der Waals surface area (Å²) in [5.74, 6) is -0.323. The molecular weight excluding hydrogens is 332 g/mol. The van der Waals surface area contributed by atoms with Crippen LogP contribution >= 0.6 is 0 Å². The average molecular weight is 351 g/mol. The highest BCUT2D eigenvalue weighted by atomic mass is 19.2. The number of benzene rings is 2. The van der Waals surface area contributed by atoms with E-state index < -0.39 is 11.6 Å². The smallest absolute Gasteiger partial charge is 0.193 e. The average Bonchev–Trinajstić information content (AvgIpc) is 2.61. The normalized spacial score (nSPS) is 11.1. The van der Waals surface area contributed by atoms with Crippen LogP contribution in [0.4, 0.5) is 14.5 Å². The number of nitrogens with one attached hydrogen (secondary N) is 1. The zero-order valence-corrected chi connectivity index (χ0v) is 13.9. The van der Waals surface area contributed by atoms with Gasteiger partial charge in [0.1, 0.15) is 12.4 Å². The van der Waals surface area contributed by atoms with Crippen LogP contribution in [0.5, 0.6) is 17.2 Å². The second-order valence-corrected chi connectivity index (χ2v) is 4.89. The predicted octanol–water partition coefficient (Wildman–Crippen LogP) is 2.79. The summed E-state index contributed by atoms with van der Waals surface area (Å²) in [6.07, 6.45) is 0. The third-order valence-corrected chi connectivity index (χ3v) is 3.19. The van der Waals surface area contributed by atoms with Crippen LogP contribution in [0.1, 0.15) is 0 Å². The van der Waals surface area contributed by atoms with Crippen molar-refractivity contribution in [3.63, 3.8) is 0 Å². The van der Waals surface area contributed by atoms with Crippen molar-refractivity contribution < 1.29 is 23.0 Å². The molecule has 0 heterocycles. The molecule has 0 unspecified atom stereocenters. The molecular formula is C17H19F2N3O3. The van der Waals surface area contributed by atoms with Crippen molar-refractivity contribution in [1.29, 1.82) is 0 Å². The van der Waals surface area contributed by atoms with Gasteiger partial charge in [-0.05, 0) is 24.3 Å². The molecule has 0 bridgehead atoms. The molecule has 2 aromatic carbocycles. The first-order valence-electron chi connectivity index (χ1n) is 7.40. The van der Waals surface area contributed by atoms with Crippen molar-refractivity contribution in [3.8, 4) is 17.2 Å². The quantitative estimate of drug-likeness (QED) is 0.456. The van der Waals surface area contributed by atoms with Gasteiger partial charge in [-0.2, -0.15) is 0 Å². The molecule has 0 saturated carbocycles. The summed E-state index contributed by atoms with van der Waals surface area (Å²) >= 11 is 0. The molecule has 8 heteroatoms. The summed E-state index contributed by atoms with van der Waals surface area (Å²) in [7, 11) is 3.09. The maximum Gasteiger partial charge on any atom is 0.193 e. The number of hydrogen-bond donors (Lipinski definition) is 2. The van der Waals surface area contributed by atoms with E-state index in [4.69, 9.17) is 19.9 Å². The van der Waals surface area contributed by atoms with Crippen LogP contribution in [0, 0.1) is 11.6 Å². The molecule has 0 fully saturated rings. The van der Waals surface area contributed by atoms with Crippen LogP contribution in [0.25, 0.3) is 0 Å². The maximum absolute atomic E-state index is 13.0. The minimum Gasteiger partial charge on any atom is -0.493 e. The number of nitrogens with zero attached hydrogens (tertiary/aromatic N) is 1. The second kappa shape index (κ2) is 8.72. The molecule has 6 nitrogen and oxygen atoms in total. The number of nitrogens with two attached hydrogens (primary N) is 1. The number of anilines is 1. The van der Waals surface area contributed by atoms with Gasteiger partial charge in [0.2, 0.25) is 0 Å². The molecule has 0 spiro atoms. The molecule has 0 aromatic heterocycles. The summed E-state index contributed by atoms with van der Waals surface area (Å²) in [6.45, 7) is 0.407. The lowest BCUT2D eigenvalue weighted by Crippen LogP contribution is -2.23. The Hall–Kier alpha value is -3.03. The number of rotatable bonds is 7. The van der Waals surface area contributed by atoms with Crippen molar-refractivity contribution in [2.24, 2.45) is 10.7 Å². The zero-order valence-electron chi connectivity index (χ0n) is 13.9. The van der Waals surface area contributed by atoms with Crippen LogP contribution in [0.3, 0.4) is 0 Å². The third-order valence-electron chi connectivity index (χ3n) is 3.19. The summed E-state index contributed by atoms with van der Waals surface area (Å²) in [6, 6.07) is 8.54. The first-order chi connectivity index (χ1) is 12.0. The standard InChI is InChI=1S/C17H19F2N3O3/c1-23-15-6-3-11(9-16(15)24-2)22-17(20)21-7-8-25-12-4-5-13(18)14(19)10-12/h3-6,9-10H,7-8H2,1-2H3,(H3,20,21,22). The second-order valence-electron chi connectivity index (χ2n) is 4.89. The van der Waals surface area contributed by atoms with E-state index >= 15 is 0 Å². The van der Waals surface area contributed by atoms with E-state index in [2.05, 4.69) is 10.3 Å².